The molecule has 13 heteroatoms. The van der Waals surface area contributed by atoms with Crippen molar-refractivity contribution >= 4 is 29.6 Å². The number of carbonyl (C=O) groups is 4. The van der Waals surface area contributed by atoms with Gasteiger partial charge in [0.15, 0.2) is 0 Å². The minimum absolute atomic E-state index is 0.00612. The van der Waals surface area contributed by atoms with Gasteiger partial charge in [-0.25, -0.2) is 4.79 Å². The topological polar surface area (TPSA) is 163 Å². The fourth-order valence-corrected chi connectivity index (χ4v) is 4.43. The Morgan fingerprint density at radius 1 is 0.787 bits per heavy atom. The van der Waals surface area contributed by atoms with Gasteiger partial charge in [0, 0.05) is 12.6 Å². The molecule has 3 N–H and O–H groups in total. The predicted octanol–water partition coefficient (Wildman–Crippen LogP) is 4.43. The average molecular weight is 659 g/mol. The van der Waals surface area contributed by atoms with Crippen LogP contribution in [0.3, 0.4) is 0 Å². The van der Waals surface area contributed by atoms with Crippen LogP contribution in [0.25, 0.3) is 0 Å². The second-order valence-corrected chi connectivity index (χ2v) is 14.5. The van der Waals surface area contributed by atoms with Crippen LogP contribution in [0.5, 0.6) is 0 Å². The Morgan fingerprint density at radius 3 is 1.87 bits per heavy atom. The molecule has 262 valence electrons. The summed E-state index contributed by atoms with van der Waals surface area (Å²) in [6.07, 6.45) is 0.902. The second-order valence-electron chi connectivity index (χ2n) is 14.5. The van der Waals surface area contributed by atoms with Crippen LogP contribution in [0.2, 0.25) is 0 Å². The van der Waals surface area contributed by atoms with E-state index in [9.17, 15) is 19.2 Å². The monoisotopic (exact) mass is 658 g/mol. The molecule has 13 nitrogen and oxygen atoms in total. The lowest BCUT2D eigenvalue weighted by molar-refractivity contribution is -0.142. The maximum Gasteiger partial charge on any atom is 0.407 e. The molecular formula is C34H54N6O7. The van der Waals surface area contributed by atoms with Crippen molar-refractivity contribution in [2.24, 2.45) is 16.7 Å². The summed E-state index contributed by atoms with van der Waals surface area (Å²) in [6, 6.07) is 4.99. The van der Waals surface area contributed by atoms with Gasteiger partial charge in [-0.05, 0) is 54.2 Å². The molecule has 0 saturated heterocycles. The van der Waals surface area contributed by atoms with Gasteiger partial charge in [0.05, 0.1) is 31.1 Å². The number of benzene rings is 1. The number of carbonyl (C=O) groups excluding carboxylic acids is 4. The smallest absolute Gasteiger partial charge is 0.407 e. The number of rotatable bonds is 16. The zero-order chi connectivity index (χ0) is 35.4. The van der Waals surface area contributed by atoms with E-state index in [0.29, 0.717) is 18.8 Å². The zero-order valence-corrected chi connectivity index (χ0v) is 29.7. The van der Waals surface area contributed by atoms with E-state index in [0.717, 1.165) is 29.8 Å². The number of amides is 3. The van der Waals surface area contributed by atoms with Crippen LogP contribution >= 0.6 is 0 Å². The van der Waals surface area contributed by atoms with E-state index >= 15 is 0 Å². The first-order valence-corrected chi connectivity index (χ1v) is 16.1. The standard InChI is InChI=1S/C34H54N6O7/c1-22(2)29(31(43)35-23(3)30(42)36-26-13-11-25(12-14-26)21-47-24(4)41)37-32(44)46-18-17-45-16-15-40-38-27(19-33(5,6)7)28(39-40)20-34(8,9)10/h11-14,22-23,29H,15-21H2,1-10H3,(H,35,43)(H,36,42)(H,37,44)/t23-,29-/m0/s1. The largest absolute Gasteiger partial charge is 0.461 e. The first-order valence-electron chi connectivity index (χ1n) is 16.1. The molecule has 47 heavy (non-hydrogen) atoms. The molecule has 0 fully saturated rings. The molecular weight excluding hydrogens is 604 g/mol. The highest BCUT2D eigenvalue weighted by atomic mass is 16.6. The quantitative estimate of drug-likeness (QED) is 0.175. The van der Waals surface area contributed by atoms with Gasteiger partial charge in [0.2, 0.25) is 11.8 Å². The van der Waals surface area contributed by atoms with Crippen molar-refractivity contribution < 1.29 is 33.4 Å². The number of nitrogens with zero attached hydrogens (tertiary/aromatic N) is 3. The highest BCUT2D eigenvalue weighted by molar-refractivity contribution is 5.98. The van der Waals surface area contributed by atoms with E-state index in [1.54, 1.807) is 49.8 Å². The number of hydrogen-bond donors (Lipinski definition) is 3. The molecule has 0 saturated carbocycles. The molecule has 0 aliphatic rings. The molecule has 1 aromatic heterocycles. The fourth-order valence-electron chi connectivity index (χ4n) is 4.43. The number of aromatic nitrogens is 3. The molecule has 0 radical (unpaired) electrons. The van der Waals surface area contributed by atoms with Gasteiger partial charge in [-0.2, -0.15) is 15.0 Å². The summed E-state index contributed by atoms with van der Waals surface area (Å²) in [4.78, 5) is 50.7. The SMILES string of the molecule is CC(=O)OCc1ccc(NC(=O)[C@H](C)NC(=O)[C@@H](NC(=O)OCCOCCn2nc(CC(C)(C)C)c(CC(C)(C)C)n2)C(C)C)cc1. The van der Waals surface area contributed by atoms with Crippen LogP contribution in [-0.4, -0.2) is 70.8 Å². The van der Waals surface area contributed by atoms with Gasteiger partial charge in [0.1, 0.15) is 25.3 Å². The molecule has 3 amide bonds. The maximum atomic E-state index is 12.9. The van der Waals surface area contributed by atoms with Gasteiger partial charge >= 0.3 is 12.1 Å². The Bertz CT molecular complexity index is 1290. The Hall–Kier alpha value is -4.00. The number of anilines is 1. The van der Waals surface area contributed by atoms with Crippen molar-refractivity contribution in [2.75, 3.05) is 25.1 Å². The van der Waals surface area contributed by atoms with E-state index in [4.69, 9.17) is 24.4 Å². The first-order chi connectivity index (χ1) is 21.8. The zero-order valence-electron chi connectivity index (χ0n) is 29.7. The molecule has 2 aromatic rings. The Labute approximate surface area is 278 Å². The lowest BCUT2D eigenvalue weighted by Gasteiger charge is -2.23. The number of nitrogens with one attached hydrogen (secondary N) is 3. The number of ether oxygens (including phenoxy) is 3. The van der Waals surface area contributed by atoms with Crippen molar-refractivity contribution in [3.63, 3.8) is 0 Å². The summed E-state index contributed by atoms with van der Waals surface area (Å²) in [5, 5.41) is 17.4. The first kappa shape index (κ1) is 39.2. The Morgan fingerprint density at radius 2 is 1.36 bits per heavy atom. The average Bonchev–Trinajstić information content (AvgIpc) is 3.30. The Balaban J connectivity index is 1.77. The van der Waals surface area contributed by atoms with Crippen LogP contribution in [0.1, 0.15) is 86.2 Å². The molecule has 0 aliphatic carbocycles. The molecule has 0 aliphatic heterocycles. The molecule has 0 unspecified atom stereocenters. The van der Waals surface area contributed by atoms with E-state index in [2.05, 4.69) is 57.5 Å². The molecule has 2 rings (SSSR count). The van der Waals surface area contributed by atoms with Gasteiger partial charge in [0.25, 0.3) is 0 Å². The summed E-state index contributed by atoms with van der Waals surface area (Å²) >= 11 is 0. The van der Waals surface area contributed by atoms with Crippen LogP contribution in [0.15, 0.2) is 24.3 Å². The van der Waals surface area contributed by atoms with E-state index in [1.807, 2.05) is 0 Å². The highest BCUT2D eigenvalue weighted by Crippen LogP contribution is 2.26. The molecule has 0 spiro atoms. The number of hydrogen-bond acceptors (Lipinski definition) is 9. The number of alkyl carbamates (subject to hydrolysis) is 1. The maximum absolute atomic E-state index is 12.9. The summed E-state index contributed by atoms with van der Waals surface area (Å²) < 4.78 is 15.8. The summed E-state index contributed by atoms with van der Waals surface area (Å²) in [7, 11) is 0. The lowest BCUT2D eigenvalue weighted by Crippen LogP contribution is -2.53. The van der Waals surface area contributed by atoms with Gasteiger partial charge in [-0.15, -0.1) is 0 Å². The Kier molecular flexibility index (Phi) is 14.8. The second kappa shape index (κ2) is 17.8. The van der Waals surface area contributed by atoms with Crippen LogP contribution in [0, 0.1) is 16.7 Å². The highest BCUT2D eigenvalue weighted by Gasteiger charge is 2.28. The van der Waals surface area contributed by atoms with Crippen molar-refractivity contribution in [3.05, 3.63) is 41.2 Å². The molecule has 1 aromatic carbocycles. The summed E-state index contributed by atoms with van der Waals surface area (Å²) in [6.45, 7) is 20.6. The van der Waals surface area contributed by atoms with Crippen molar-refractivity contribution in [1.29, 1.82) is 0 Å². The van der Waals surface area contributed by atoms with Gasteiger partial charge in [-0.3, -0.25) is 14.4 Å². The normalized spacial score (nSPS) is 13.1. The minimum atomic E-state index is -0.922. The van der Waals surface area contributed by atoms with Gasteiger partial charge < -0.3 is 30.2 Å². The molecule has 1 heterocycles. The third-order valence-corrected chi connectivity index (χ3v) is 6.74. The summed E-state index contributed by atoms with van der Waals surface area (Å²) in [5.74, 6) is -1.61. The van der Waals surface area contributed by atoms with Crippen LogP contribution in [0.4, 0.5) is 10.5 Å². The van der Waals surface area contributed by atoms with E-state index in [1.165, 1.54) is 6.92 Å². The molecule has 2 atom stereocenters. The van der Waals surface area contributed by atoms with Crippen LogP contribution < -0.4 is 16.0 Å². The van der Waals surface area contributed by atoms with Crippen molar-refractivity contribution in [3.8, 4) is 0 Å². The summed E-state index contributed by atoms with van der Waals surface area (Å²) in [5.41, 5.74) is 3.49. The predicted molar refractivity (Wildman–Crippen MR) is 178 cm³/mol. The minimum Gasteiger partial charge on any atom is -0.461 e. The van der Waals surface area contributed by atoms with E-state index in [-0.39, 0.29) is 42.5 Å². The van der Waals surface area contributed by atoms with E-state index < -0.39 is 30.0 Å². The fraction of sp³-hybridized carbons (Fsp3) is 0.647. The van der Waals surface area contributed by atoms with Crippen molar-refractivity contribution in [2.45, 2.75) is 107 Å². The van der Waals surface area contributed by atoms with Gasteiger partial charge in [-0.1, -0.05) is 67.5 Å². The lowest BCUT2D eigenvalue weighted by atomic mass is 9.86. The number of esters is 1. The third kappa shape index (κ3) is 15.4. The van der Waals surface area contributed by atoms with Crippen LogP contribution in [-0.2, 0) is 54.6 Å². The third-order valence-electron chi connectivity index (χ3n) is 6.74. The van der Waals surface area contributed by atoms with Crippen molar-refractivity contribution in [1.82, 2.24) is 25.6 Å². The molecule has 0 bridgehead atoms.